The van der Waals surface area contributed by atoms with Crippen LogP contribution in [0.5, 0.6) is 0 Å². The molecule has 1 heterocycles. The van der Waals surface area contributed by atoms with Crippen molar-refractivity contribution in [1.29, 1.82) is 0 Å². The number of hydrogen-bond acceptors (Lipinski definition) is 4. The Labute approximate surface area is 111 Å². The van der Waals surface area contributed by atoms with E-state index in [1.807, 2.05) is 13.8 Å². The minimum absolute atomic E-state index is 0.203. The molecule has 2 N–H and O–H groups in total. The van der Waals surface area contributed by atoms with E-state index < -0.39 is 10.0 Å². The molecule has 0 spiro atoms. The van der Waals surface area contributed by atoms with Gasteiger partial charge in [-0.2, -0.15) is 0 Å². The predicted octanol–water partition coefficient (Wildman–Crippen LogP) is 0.865. The van der Waals surface area contributed by atoms with E-state index in [0.29, 0.717) is 13.0 Å². The lowest BCUT2D eigenvalue weighted by Gasteiger charge is -2.23. The van der Waals surface area contributed by atoms with Crippen LogP contribution in [0, 0.1) is 0 Å². The van der Waals surface area contributed by atoms with Crippen LogP contribution in [0.15, 0.2) is 0 Å². The average Bonchev–Trinajstić information content (AvgIpc) is 2.74. The van der Waals surface area contributed by atoms with Gasteiger partial charge in [0.25, 0.3) is 0 Å². The molecule has 1 rings (SSSR count). The van der Waals surface area contributed by atoms with E-state index in [0.717, 1.165) is 39.0 Å². The third kappa shape index (κ3) is 6.13. The van der Waals surface area contributed by atoms with Crippen molar-refractivity contribution in [3.8, 4) is 0 Å². The van der Waals surface area contributed by atoms with Crippen LogP contribution < -0.4 is 10.0 Å². The van der Waals surface area contributed by atoms with E-state index >= 15 is 0 Å². The standard InChI is InChI=1S/C12H26N2O3S/c1-3-13-8-4-5-10-18(15,16)14-11-12(2)7-6-9-17-12/h13-14H,3-11H2,1-2H3. The number of rotatable bonds is 9. The Bertz CT molecular complexity index is 324. The van der Waals surface area contributed by atoms with E-state index in [1.165, 1.54) is 0 Å². The Balaban J connectivity index is 2.19. The molecule has 1 aliphatic rings. The average molecular weight is 278 g/mol. The number of hydrogen-bond donors (Lipinski definition) is 2. The van der Waals surface area contributed by atoms with Crippen LogP contribution in [0.3, 0.4) is 0 Å². The minimum Gasteiger partial charge on any atom is -0.374 e. The van der Waals surface area contributed by atoms with Gasteiger partial charge in [0.2, 0.25) is 10.0 Å². The number of sulfonamides is 1. The summed E-state index contributed by atoms with van der Waals surface area (Å²) in [6, 6.07) is 0. The van der Waals surface area contributed by atoms with Gasteiger partial charge in [0, 0.05) is 13.2 Å². The zero-order valence-electron chi connectivity index (χ0n) is 11.5. The van der Waals surface area contributed by atoms with Crippen LogP contribution in [-0.4, -0.2) is 46.0 Å². The molecule has 18 heavy (non-hydrogen) atoms. The molecule has 0 aromatic heterocycles. The Morgan fingerprint density at radius 3 is 2.72 bits per heavy atom. The molecule has 0 aromatic carbocycles. The lowest BCUT2D eigenvalue weighted by Crippen LogP contribution is -2.41. The predicted molar refractivity (Wildman–Crippen MR) is 73.2 cm³/mol. The van der Waals surface area contributed by atoms with Crippen LogP contribution >= 0.6 is 0 Å². The first-order valence-electron chi connectivity index (χ1n) is 6.79. The molecule has 5 nitrogen and oxygen atoms in total. The van der Waals surface area contributed by atoms with Gasteiger partial charge in [-0.05, 0) is 45.7 Å². The van der Waals surface area contributed by atoms with Crippen LogP contribution in [0.2, 0.25) is 0 Å². The molecular formula is C12H26N2O3S. The summed E-state index contributed by atoms with van der Waals surface area (Å²) in [6.07, 6.45) is 3.53. The molecule has 1 aliphatic heterocycles. The first-order chi connectivity index (χ1) is 8.47. The summed E-state index contributed by atoms with van der Waals surface area (Å²) >= 11 is 0. The Morgan fingerprint density at radius 2 is 2.11 bits per heavy atom. The second-order valence-corrected chi connectivity index (χ2v) is 7.03. The molecule has 0 aromatic rings. The van der Waals surface area contributed by atoms with Crippen molar-refractivity contribution in [3.05, 3.63) is 0 Å². The molecule has 0 saturated carbocycles. The highest BCUT2D eigenvalue weighted by atomic mass is 32.2. The molecule has 0 bridgehead atoms. The van der Waals surface area contributed by atoms with Gasteiger partial charge in [0.1, 0.15) is 0 Å². The highest BCUT2D eigenvalue weighted by Crippen LogP contribution is 2.24. The van der Waals surface area contributed by atoms with E-state index in [9.17, 15) is 8.42 Å². The lowest BCUT2D eigenvalue weighted by molar-refractivity contribution is 0.0250. The summed E-state index contributed by atoms with van der Waals surface area (Å²) in [5.74, 6) is 0.203. The van der Waals surface area contributed by atoms with Crippen molar-refractivity contribution in [2.24, 2.45) is 0 Å². The van der Waals surface area contributed by atoms with E-state index in [2.05, 4.69) is 10.0 Å². The molecule has 1 atom stereocenters. The van der Waals surface area contributed by atoms with Gasteiger partial charge >= 0.3 is 0 Å². The zero-order valence-corrected chi connectivity index (χ0v) is 12.3. The molecule has 108 valence electrons. The van der Waals surface area contributed by atoms with Crippen LogP contribution in [0.4, 0.5) is 0 Å². The summed E-state index contributed by atoms with van der Waals surface area (Å²) < 4.78 is 31.8. The normalized spacial score (nSPS) is 24.6. The molecule has 6 heteroatoms. The van der Waals surface area contributed by atoms with E-state index in [4.69, 9.17) is 4.74 Å². The molecule has 0 radical (unpaired) electrons. The summed E-state index contributed by atoms with van der Waals surface area (Å²) in [5, 5.41) is 3.18. The van der Waals surface area contributed by atoms with Crippen molar-refractivity contribution in [1.82, 2.24) is 10.0 Å². The van der Waals surface area contributed by atoms with E-state index in [-0.39, 0.29) is 11.4 Å². The van der Waals surface area contributed by atoms with Gasteiger partial charge in [-0.25, -0.2) is 13.1 Å². The van der Waals surface area contributed by atoms with Crippen LogP contribution in [-0.2, 0) is 14.8 Å². The largest absolute Gasteiger partial charge is 0.374 e. The van der Waals surface area contributed by atoms with Gasteiger partial charge in [-0.15, -0.1) is 0 Å². The van der Waals surface area contributed by atoms with Gasteiger partial charge < -0.3 is 10.1 Å². The first-order valence-corrected chi connectivity index (χ1v) is 8.45. The second kappa shape index (κ2) is 7.43. The lowest BCUT2D eigenvalue weighted by atomic mass is 10.0. The number of unbranched alkanes of at least 4 members (excludes halogenated alkanes) is 1. The molecular weight excluding hydrogens is 252 g/mol. The SMILES string of the molecule is CCNCCCCS(=O)(=O)NCC1(C)CCCO1. The highest BCUT2D eigenvalue weighted by molar-refractivity contribution is 7.89. The summed E-state index contributed by atoms with van der Waals surface area (Å²) in [4.78, 5) is 0. The minimum atomic E-state index is -3.15. The van der Waals surface area contributed by atoms with Crippen molar-refractivity contribution < 1.29 is 13.2 Å². The van der Waals surface area contributed by atoms with Gasteiger partial charge in [-0.1, -0.05) is 6.92 Å². The zero-order chi connectivity index (χ0) is 13.5. The maximum absolute atomic E-state index is 11.8. The Kier molecular flexibility index (Phi) is 6.55. The fraction of sp³-hybridized carbons (Fsp3) is 1.00. The smallest absolute Gasteiger partial charge is 0.211 e. The third-order valence-corrected chi connectivity index (χ3v) is 4.64. The third-order valence-electron chi connectivity index (χ3n) is 3.23. The van der Waals surface area contributed by atoms with Crippen LogP contribution in [0.25, 0.3) is 0 Å². The quantitative estimate of drug-likeness (QED) is 0.614. The van der Waals surface area contributed by atoms with Gasteiger partial charge in [0.15, 0.2) is 0 Å². The first kappa shape index (κ1) is 15.9. The maximum Gasteiger partial charge on any atom is 0.211 e. The molecule has 1 fully saturated rings. The fourth-order valence-electron chi connectivity index (χ4n) is 2.03. The van der Waals surface area contributed by atoms with Crippen molar-refractivity contribution >= 4 is 10.0 Å². The summed E-state index contributed by atoms with van der Waals surface area (Å²) in [7, 11) is -3.15. The van der Waals surface area contributed by atoms with Crippen molar-refractivity contribution in [3.63, 3.8) is 0 Å². The van der Waals surface area contributed by atoms with Gasteiger partial charge in [0.05, 0.1) is 11.4 Å². The fourth-order valence-corrected chi connectivity index (χ4v) is 3.28. The number of ether oxygens (including phenoxy) is 1. The Morgan fingerprint density at radius 1 is 1.33 bits per heavy atom. The highest BCUT2D eigenvalue weighted by Gasteiger charge is 2.30. The van der Waals surface area contributed by atoms with Crippen molar-refractivity contribution in [2.75, 3.05) is 32.0 Å². The van der Waals surface area contributed by atoms with E-state index in [1.54, 1.807) is 0 Å². The van der Waals surface area contributed by atoms with Crippen molar-refractivity contribution in [2.45, 2.75) is 45.1 Å². The maximum atomic E-state index is 11.8. The topological polar surface area (TPSA) is 67.4 Å². The Hall–Kier alpha value is -0.170. The molecule has 0 amide bonds. The molecule has 1 unspecified atom stereocenters. The molecule has 0 aliphatic carbocycles. The monoisotopic (exact) mass is 278 g/mol. The number of nitrogens with one attached hydrogen (secondary N) is 2. The molecule has 1 saturated heterocycles. The van der Waals surface area contributed by atoms with Crippen LogP contribution in [0.1, 0.15) is 39.5 Å². The van der Waals surface area contributed by atoms with Gasteiger partial charge in [-0.3, -0.25) is 0 Å². The summed E-state index contributed by atoms with van der Waals surface area (Å²) in [6.45, 7) is 6.95. The summed E-state index contributed by atoms with van der Waals surface area (Å²) in [5.41, 5.74) is -0.309. The second-order valence-electron chi connectivity index (χ2n) is 5.10.